The Labute approximate surface area is 93.5 Å². The van der Waals surface area contributed by atoms with Gasteiger partial charge in [0.15, 0.2) is 0 Å². The lowest BCUT2D eigenvalue weighted by molar-refractivity contribution is 0.387. The molecule has 1 aromatic rings. The minimum Gasteiger partial charge on any atom is -0.495 e. The normalized spacial score (nSPS) is 9.67. The number of rotatable bonds is 2. The second-order valence-corrected chi connectivity index (χ2v) is 4.05. The first-order chi connectivity index (χ1) is 5.70. The Morgan fingerprint density at radius 2 is 1.92 bits per heavy atom. The third-order valence-electron chi connectivity index (χ3n) is 1.44. The van der Waals surface area contributed by atoms with Crippen molar-refractivity contribution in [1.29, 1.82) is 0 Å². The first-order valence-electron chi connectivity index (χ1n) is 3.26. The smallest absolute Gasteiger partial charge is 0.150 e. The Balaban J connectivity index is 3.24. The highest BCUT2D eigenvalue weighted by atomic mass is 127. The van der Waals surface area contributed by atoms with Crippen LogP contribution in [0, 0.1) is 3.57 Å². The van der Waals surface area contributed by atoms with Crippen molar-refractivity contribution in [2.45, 2.75) is 0 Å². The average molecular weight is 343 g/mol. The van der Waals surface area contributed by atoms with Gasteiger partial charge in [-0.3, -0.25) is 0 Å². The van der Waals surface area contributed by atoms with Crippen LogP contribution in [0.1, 0.15) is 0 Å². The van der Waals surface area contributed by atoms with Crippen molar-refractivity contribution >= 4 is 38.5 Å². The summed E-state index contributed by atoms with van der Waals surface area (Å²) in [5.41, 5.74) is 0. The fourth-order valence-electron chi connectivity index (χ4n) is 0.859. The molecule has 0 saturated heterocycles. The molecule has 0 N–H and O–H groups in total. The third-order valence-corrected chi connectivity index (χ3v) is 3.04. The fourth-order valence-corrected chi connectivity index (χ4v) is 2.57. The Morgan fingerprint density at radius 1 is 1.25 bits per heavy atom. The molecule has 0 bridgehead atoms. The van der Waals surface area contributed by atoms with E-state index in [9.17, 15) is 0 Å². The minimum absolute atomic E-state index is 0.785. The van der Waals surface area contributed by atoms with E-state index in [4.69, 9.17) is 9.47 Å². The van der Waals surface area contributed by atoms with Crippen LogP contribution < -0.4 is 9.47 Å². The Bertz CT molecular complexity index is 289. The molecule has 0 aromatic heterocycles. The molecule has 1 rings (SSSR count). The van der Waals surface area contributed by atoms with Gasteiger partial charge in [-0.1, -0.05) is 0 Å². The van der Waals surface area contributed by atoms with E-state index in [1.165, 1.54) is 0 Å². The van der Waals surface area contributed by atoms with E-state index in [0.717, 1.165) is 19.5 Å². The lowest BCUT2D eigenvalue weighted by Crippen LogP contribution is -1.91. The summed E-state index contributed by atoms with van der Waals surface area (Å²) in [4.78, 5) is 0. The van der Waals surface area contributed by atoms with Crippen molar-refractivity contribution in [3.8, 4) is 11.5 Å². The van der Waals surface area contributed by atoms with Gasteiger partial charge >= 0.3 is 0 Å². The molecule has 66 valence electrons. The highest BCUT2D eigenvalue weighted by Gasteiger charge is 2.09. The zero-order chi connectivity index (χ0) is 9.14. The molecule has 0 radical (unpaired) electrons. The minimum atomic E-state index is 0.785. The number of hydrogen-bond donors (Lipinski definition) is 0. The molecule has 0 atom stereocenters. The predicted molar refractivity (Wildman–Crippen MR) is 60.0 cm³/mol. The van der Waals surface area contributed by atoms with Gasteiger partial charge in [-0.15, -0.1) is 0 Å². The molecule has 0 unspecified atom stereocenters. The summed E-state index contributed by atoms with van der Waals surface area (Å²) in [6.45, 7) is 0. The van der Waals surface area contributed by atoms with Crippen LogP contribution in [0.2, 0.25) is 0 Å². The monoisotopic (exact) mass is 342 g/mol. The maximum absolute atomic E-state index is 5.18. The predicted octanol–water partition coefficient (Wildman–Crippen LogP) is 3.07. The maximum Gasteiger partial charge on any atom is 0.150 e. The van der Waals surface area contributed by atoms with Crippen molar-refractivity contribution in [2.24, 2.45) is 0 Å². The Morgan fingerprint density at radius 3 is 2.42 bits per heavy atom. The second-order valence-electron chi connectivity index (χ2n) is 2.10. The zero-order valence-electron chi connectivity index (χ0n) is 6.73. The van der Waals surface area contributed by atoms with Crippen molar-refractivity contribution < 1.29 is 9.47 Å². The Hall–Kier alpha value is 0.0300. The summed E-state index contributed by atoms with van der Waals surface area (Å²) in [7, 11) is 3.27. The zero-order valence-corrected chi connectivity index (χ0v) is 10.5. The molecular weight excluding hydrogens is 335 g/mol. The van der Waals surface area contributed by atoms with E-state index >= 15 is 0 Å². The van der Waals surface area contributed by atoms with Gasteiger partial charge in [0.2, 0.25) is 0 Å². The summed E-state index contributed by atoms with van der Waals surface area (Å²) < 4.78 is 12.2. The number of hydrogen-bond acceptors (Lipinski definition) is 2. The molecule has 0 spiro atoms. The van der Waals surface area contributed by atoms with Crippen LogP contribution in [0.5, 0.6) is 11.5 Å². The van der Waals surface area contributed by atoms with E-state index in [0.29, 0.717) is 0 Å². The van der Waals surface area contributed by atoms with Crippen LogP contribution in [-0.2, 0) is 0 Å². The molecule has 0 fully saturated rings. The van der Waals surface area contributed by atoms with Gasteiger partial charge in [-0.05, 0) is 50.7 Å². The topological polar surface area (TPSA) is 18.5 Å². The van der Waals surface area contributed by atoms with Crippen molar-refractivity contribution in [1.82, 2.24) is 0 Å². The highest BCUT2D eigenvalue weighted by molar-refractivity contribution is 14.1. The first kappa shape index (κ1) is 10.1. The van der Waals surface area contributed by atoms with Gasteiger partial charge in [0.25, 0.3) is 0 Å². The average Bonchev–Trinajstić information content (AvgIpc) is 2.06. The third kappa shape index (κ3) is 1.85. The fraction of sp³-hybridized carbons (Fsp3) is 0.250. The van der Waals surface area contributed by atoms with Crippen LogP contribution in [0.25, 0.3) is 0 Å². The Kier molecular flexibility index (Phi) is 3.64. The standard InChI is InChI=1S/C8H8BrIO2/c1-11-6-4-3-5(10)8(12-2)7(6)9/h3-4H,1-2H3. The molecule has 1 aromatic carbocycles. The summed E-state index contributed by atoms with van der Waals surface area (Å²) in [6, 6.07) is 3.84. The van der Waals surface area contributed by atoms with Gasteiger partial charge < -0.3 is 9.47 Å². The van der Waals surface area contributed by atoms with E-state index in [1.807, 2.05) is 12.1 Å². The number of ether oxygens (including phenoxy) is 2. The van der Waals surface area contributed by atoms with Crippen LogP contribution in [0.4, 0.5) is 0 Å². The second kappa shape index (κ2) is 4.32. The molecule has 12 heavy (non-hydrogen) atoms. The summed E-state index contributed by atoms with van der Waals surface area (Å²) in [5.74, 6) is 1.60. The van der Waals surface area contributed by atoms with Crippen LogP contribution >= 0.6 is 38.5 Å². The molecule has 2 nitrogen and oxygen atoms in total. The highest BCUT2D eigenvalue weighted by Crippen LogP contribution is 2.37. The van der Waals surface area contributed by atoms with E-state index in [2.05, 4.69) is 38.5 Å². The molecule has 0 amide bonds. The van der Waals surface area contributed by atoms with E-state index in [1.54, 1.807) is 14.2 Å². The van der Waals surface area contributed by atoms with Gasteiger partial charge in [0, 0.05) is 0 Å². The number of benzene rings is 1. The largest absolute Gasteiger partial charge is 0.495 e. The molecular formula is C8H8BrIO2. The lowest BCUT2D eigenvalue weighted by Gasteiger charge is -2.09. The van der Waals surface area contributed by atoms with Gasteiger partial charge in [-0.25, -0.2) is 0 Å². The van der Waals surface area contributed by atoms with E-state index < -0.39 is 0 Å². The van der Waals surface area contributed by atoms with Gasteiger partial charge in [-0.2, -0.15) is 0 Å². The summed E-state index contributed by atoms with van der Waals surface area (Å²) >= 11 is 5.61. The summed E-state index contributed by atoms with van der Waals surface area (Å²) in [6.07, 6.45) is 0. The van der Waals surface area contributed by atoms with Crippen LogP contribution in [-0.4, -0.2) is 14.2 Å². The van der Waals surface area contributed by atoms with Crippen molar-refractivity contribution in [3.63, 3.8) is 0 Å². The lowest BCUT2D eigenvalue weighted by atomic mass is 10.3. The SMILES string of the molecule is COc1ccc(I)c(OC)c1Br. The van der Waals surface area contributed by atoms with E-state index in [-0.39, 0.29) is 0 Å². The van der Waals surface area contributed by atoms with Crippen LogP contribution in [0.3, 0.4) is 0 Å². The molecule has 0 saturated carbocycles. The molecule has 0 aliphatic rings. The number of halogens is 2. The molecule has 0 aliphatic heterocycles. The molecule has 0 heterocycles. The molecule has 0 aliphatic carbocycles. The molecule has 4 heteroatoms. The number of methoxy groups -OCH3 is 2. The van der Waals surface area contributed by atoms with Gasteiger partial charge in [0.1, 0.15) is 16.0 Å². The maximum atomic E-state index is 5.18. The van der Waals surface area contributed by atoms with Crippen molar-refractivity contribution in [2.75, 3.05) is 14.2 Å². The quantitative estimate of drug-likeness (QED) is 0.769. The van der Waals surface area contributed by atoms with Crippen molar-refractivity contribution in [3.05, 3.63) is 20.2 Å². The summed E-state index contributed by atoms with van der Waals surface area (Å²) in [5, 5.41) is 0. The van der Waals surface area contributed by atoms with Gasteiger partial charge in [0.05, 0.1) is 17.8 Å². The first-order valence-corrected chi connectivity index (χ1v) is 5.14. The van der Waals surface area contributed by atoms with Crippen LogP contribution in [0.15, 0.2) is 16.6 Å².